The summed E-state index contributed by atoms with van der Waals surface area (Å²) in [6.45, 7) is 1.61. The quantitative estimate of drug-likeness (QED) is 0.728. The fraction of sp³-hybridized carbons (Fsp3) is 0.154. The van der Waals surface area contributed by atoms with Crippen molar-refractivity contribution in [2.24, 2.45) is 0 Å². The van der Waals surface area contributed by atoms with Crippen molar-refractivity contribution in [3.8, 4) is 11.1 Å². The van der Waals surface area contributed by atoms with Crippen LogP contribution in [0, 0.1) is 0 Å². The molecular formula is C13H11N3O3. The number of rotatable bonds is 2. The minimum atomic E-state index is -0.693. The van der Waals surface area contributed by atoms with E-state index in [1.165, 1.54) is 0 Å². The number of nitrogens with zero attached hydrogens (tertiary/aromatic N) is 2. The van der Waals surface area contributed by atoms with Gasteiger partial charge in [-0.15, -0.1) is 0 Å². The molecule has 19 heavy (non-hydrogen) atoms. The van der Waals surface area contributed by atoms with Crippen molar-refractivity contribution in [1.82, 2.24) is 15.0 Å². The van der Waals surface area contributed by atoms with Gasteiger partial charge in [0.1, 0.15) is 6.10 Å². The molecule has 0 amide bonds. The van der Waals surface area contributed by atoms with Gasteiger partial charge in [0.25, 0.3) is 0 Å². The maximum atomic E-state index is 11.1. The zero-order valence-electron chi connectivity index (χ0n) is 10.1. The van der Waals surface area contributed by atoms with E-state index in [9.17, 15) is 9.90 Å². The maximum absolute atomic E-state index is 11.1. The first-order valence-corrected chi connectivity index (χ1v) is 5.77. The number of aromatic nitrogens is 3. The molecule has 96 valence electrons. The molecule has 0 bridgehead atoms. The van der Waals surface area contributed by atoms with E-state index >= 15 is 0 Å². The highest BCUT2D eigenvalue weighted by Gasteiger charge is 2.07. The van der Waals surface area contributed by atoms with Crippen LogP contribution >= 0.6 is 0 Å². The number of hydrogen-bond donors (Lipinski definition) is 2. The molecule has 0 fully saturated rings. The maximum Gasteiger partial charge on any atom is 0.417 e. The number of oxazole rings is 1. The topological polar surface area (TPSA) is 92.0 Å². The Hall–Kier alpha value is -2.47. The summed E-state index contributed by atoms with van der Waals surface area (Å²) in [6.07, 6.45) is 2.57. The van der Waals surface area contributed by atoms with Crippen molar-refractivity contribution in [1.29, 1.82) is 0 Å². The second-order valence-electron chi connectivity index (χ2n) is 4.23. The summed E-state index contributed by atoms with van der Waals surface area (Å²) < 4.78 is 4.93. The van der Waals surface area contributed by atoms with Crippen molar-refractivity contribution in [2.45, 2.75) is 13.0 Å². The first-order chi connectivity index (χ1) is 9.13. The molecule has 0 radical (unpaired) electrons. The highest BCUT2D eigenvalue weighted by atomic mass is 16.4. The second kappa shape index (κ2) is 4.33. The van der Waals surface area contributed by atoms with E-state index in [-0.39, 0.29) is 0 Å². The molecule has 0 aliphatic rings. The van der Waals surface area contributed by atoms with Gasteiger partial charge in [0.2, 0.25) is 0 Å². The molecule has 1 aromatic carbocycles. The van der Waals surface area contributed by atoms with E-state index in [1.807, 2.05) is 6.07 Å². The lowest BCUT2D eigenvalue weighted by atomic mass is 10.1. The average Bonchev–Trinajstić information content (AvgIpc) is 2.77. The Morgan fingerprint density at radius 2 is 2.00 bits per heavy atom. The molecule has 1 unspecified atom stereocenters. The second-order valence-corrected chi connectivity index (χ2v) is 4.23. The molecule has 2 aromatic heterocycles. The van der Waals surface area contributed by atoms with Crippen LogP contribution in [0.15, 0.2) is 39.8 Å². The van der Waals surface area contributed by atoms with Gasteiger partial charge in [-0.05, 0) is 24.6 Å². The predicted molar refractivity (Wildman–Crippen MR) is 68.5 cm³/mol. The minimum Gasteiger partial charge on any atom is -0.408 e. The van der Waals surface area contributed by atoms with Gasteiger partial charge in [0, 0.05) is 18.0 Å². The predicted octanol–water partition coefficient (Wildman–Crippen LogP) is 1.63. The summed E-state index contributed by atoms with van der Waals surface area (Å²) in [5.41, 5.74) is 2.80. The molecule has 0 aliphatic heterocycles. The number of H-pyrrole nitrogens is 1. The Kier molecular flexibility index (Phi) is 2.64. The summed E-state index contributed by atoms with van der Waals surface area (Å²) in [5, 5.41) is 9.35. The van der Waals surface area contributed by atoms with Crippen LogP contribution in [0.2, 0.25) is 0 Å². The Morgan fingerprint density at radius 1 is 1.26 bits per heavy atom. The molecule has 2 heterocycles. The standard InChI is InChI=1S/C13H11N3O3/c1-7(17)12-14-5-9(6-15-12)8-2-3-11-10(4-8)16-13(18)19-11/h2-7,17H,1H3,(H,16,18). The third-order valence-corrected chi connectivity index (χ3v) is 2.80. The van der Waals surface area contributed by atoms with Crippen molar-refractivity contribution < 1.29 is 9.52 Å². The number of aliphatic hydroxyl groups excluding tert-OH is 1. The molecule has 0 saturated heterocycles. The van der Waals surface area contributed by atoms with Crippen molar-refractivity contribution >= 4 is 11.1 Å². The molecule has 2 N–H and O–H groups in total. The SMILES string of the molecule is CC(O)c1ncc(-c2ccc3oc(=O)[nH]c3c2)cn1. The summed E-state index contributed by atoms with van der Waals surface area (Å²) in [6, 6.07) is 5.33. The third-order valence-electron chi connectivity index (χ3n) is 2.80. The fourth-order valence-electron chi connectivity index (χ4n) is 1.83. The number of aliphatic hydroxyl groups is 1. The highest BCUT2D eigenvalue weighted by molar-refractivity contribution is 5.79. The Labute approximate surface area is 107 Å². The van der Waals surface area contributed by atoms with Crippen LogP contribution in [-0.4, -0.2) is 20.1 Å². The monoisotopic (exact) mass is 257 g/mol. The molecule has 3 rings (SSSR count). The van der Waals surface area contributed by atoms with Gasteiger partial charge in [-0.25, -0.2) is 14.8 Å². The van der Waals surface area contributed by atoms with Crippen molar-refractivity contribution in [2.75, 3.05) is 0 Å². The van der Waals surface area contributed by atoms with E-state index in [4.69, 9.17) is 4.42 Å². The lowest BCUT2D eigenvalue weighted by Crippen LogP contribution is -1.98. The van der Waals surface area contributed by atoms with Gasteiger partial charge < -0.3 is 9.52 Å². The average molecular weight is 257 g/mol. The first kappa shape index (κ1) is 11.6. The lowest BCUT2D eigenvalue weighted by Gasteiger charge is -2.04. The number of benzene rings is 1. The van der Waals surface area contributed by atoms with Gasteiger partial charge in [-0.1, -0.05) is 6.07 Å². The highest BCUT2D eigenvalue weighted by Crippen LogP contribution is 2.22. The minimum absolute atomic E-state index is 0.376. The lowest BCUT2D eigenvalue weighted by molar-refractivity contribution is 0.189. The Morgan fingerprint density at radius 3 is 2.68 bits per heavy atom. The van der Waals surface area contributed by atoms with E-state index in [0.717, 1.165) is 11.1 Å². The molecule has 3 aromatic rings. The molecule has 6 nitrogen and oxygen atoms in total. The summed E-state index contributed by atoms with van der Waals surface area (Å²) in [5.74, 6) is -0.102. The van der Waals surface area contributed by atoms with Crippen LogP contribution in [0.1, 0.15) is 18.9 Å². The molecule has 0 spiro atoms. The summed E-state index contributed by atoms with van der Waals surface area (Å²) in [4.78, 5) is 21.8. The smallest absolute Gasteiger partial charge is 0.408 e. The largest absolute Gasteiger partial charge is 0.417 e. The normalized spacial score (nSPS) is 12.7. The van der Waals surface area contributed by atoms with Gasteiger partial charge in [-0.2, -0.15) is 0 Å². The van der Waals surface area contributed by atoms with Gasteiger partial charge in [-0.3, -0.25) is 4.98 Å². The Bertz CT molecular complexity index is 772. The van der Waals surface area contributed by atoms with Gasteiger partial charge in [0.15, 0.2) is 11.4 Å². The number of fused-ring (bicyclic) bond motifs is 1. The number of nitrogens with one attached hydrogen (secondary N) is 1. The van der Waals surface area contributed by atoms with Crippen LogP contribution < -0.4 is 5.76 Å². The Balaban J connectivity index is 2.05. The van der Waals surface area contributed by atoms with Crippen molar-refractivity contribution in [3.05, 3.63) is 47.0 Å². The third kappa shape index (κ3) is 2.13. The summed E-state index contributed by atoms with van der Waals surface area (Å²) >= 11 is 0. The van der Waals surface area contributed by atoms with Gasteiger partial charge in [0.05, 0.1) is 5.52 Å². The van der Waals surface area contributed by atoms with E-state index < -0.39 is 11.9 Å². The van der Waals surface area contributed by atoms with E-state index in [0.29, 0.717) is 16.9 Å². The molecule has 0 saturated carbocycles. The van der Waals surface area contributed by atoms with Gasteiger partial charge >= 0.3 is 5.76 Å². The van der Waals surface area contributed by atoms with Crippen molar-refractivity contribution in [3.63, 3.8) is 0 Å². The fourth-order valence-corrected chi connectivity index (χ4v) is 1.83. The number of aromatic amines is 1. The van der Waals surface area contributed by atoms with Crippen LogP contribution in [0.25, 0.3) is 22.2 Å². The van der Waals surface area contributed by atoms with Crippen LogP contribution in [0.3, 0.4) is 0 Å². The molecular weight excluding hydrogens is 246 g/mol. The zero-order valence-corrected chi connectivity index (χ0v) is 10.1. The van der Waals surface area contributed by atoms with Crippen LogP contribution in [0.5, 0.6) is 0 Å². The van der Waals surface area contributed by atoms with E-state index in [2.05, 4.69) is 15.0 Å². The van der Waals surface area contributed by atoms with Crippen LogP contribution in [0.4, 0.5) is 0 Å². The molecule has 1 atom stereocenters. The van der Waals surface area contributed by atoms with Crippen LogP contribution in [-0.2, 0) is 0 Å². The molecule has 0 aliphatic carbocycles. The summed E-state index contributed by atoms with van der Waals surface area (Å²) in [7, 11) is 0. The first-order valence-electron chi connectivity index (χ1n) is 5.77. The zero-order chi connectivity index (χ0) is 13.4. The number of hydrogen-bond acceptors (Lipinski definition) is 5. The van der Waals surface area contributed by atoms with E-state index in [1.54, 1.807) is 31.5 Å². The molecule has 6 heteroatoms.